The summed E-state index contributed by atoms with van der Waals surface area (Å²) in [5.41, 5.74) is 1.30. The summed E-state index contributed by atoms with van der Waals surface area (Å²) in [5.74, 6) is 1.06. The van der Waals surface area contributed by atoms with Crippen molar-refractivity contribution in [3.8, 4) is 0 Å². The zero-order valence-electron chi connectivity index (χ0n) is 12.9. The number of ether oxygens (including phenoxy) is 1. The van der Waals surface area contributed by atoms with Crippen molar-refractivity contribution in [2.24, 2.45) is 0 Å². The van der Waals surface area contributed by atoms with Crippen LogP contribution in [0, 0.1) is 0 Å². The van der Waals surface area contributed by atoms with Gasteiger partial charge in [0.1, 0.15) is 17.0 Å². The lowest BCUT2D eigenvalue weighted by atomic mass is 10.0. The van der Waals surface area contributed by atoms with Crippen LogP contribution in [0.25, 0.3) is 10.2 Å². The normalized spacial score (nSPS) is 14.2. The van der Waals surface area contributed by atoms with E-state index in [-0.39, 0.29) is 5.91 Å². The summed E-state index contributed by atoms with van der Waals surface area (Å²) in [6, 6.07) is 0. The summed E-state index contributed by atoms with van der Waals surface area (Å²) in [6.07, 6.45) is 2.91. The molecule has 3 heterocycles. The van der Waals surface area contributed by atoms with E-state index in [9.17, 15) is 4.79 Å². The fraction of sp³-hybridized carbons (Fsp3) is 0.533. The monoisotopic (exact) mass is 320 g/mol. The van der Waals surface area contributed by atoms with Gasteiger partial charge in [-0.2, -0.15) is 0 Å². The van der Waals surface area contributed by atoms with Gasteiger partial charge >= 0.3 is 0 Å². The van der Waals surface area contributed by atoms with E-state index in [0.29, 0.717) is 19.6 Å². The molecule has 0 radical (unpaired) electrons. The second kappa shape index (κ2) is 6.58. The van der Waals surface area contributed by atoms with E-state index in [1.807, 2.05) is 4.90 Å². The van der Waals surface area contributed by atoms with Crippen LogP contribution in [0.5, 0.6) is 0 Å². The van der Waals surface area contributed by atoms with Crippen molar-refractivity contribution in [1.29, 1.82) is 0 Å². The van der Waals surface area contributed by atoms with Gasteiger partial charge in [-0.1, -0.05) is 0 Å². The molecule has 0 aliphatic carbocycles. The van der Waals surface area contributed by atoms with Crippen LogP contribution in [-0.2, 0) is 22.5 Å². The minimum Gasteiger partial charge on any atom is -0.384 e. The van der Waals surface area contributed by atoms with Crippen molar-refractivity contribution < 1.29 is 9.53 Å². The van der Waals surface area contributed by atoms with Crippen molar-refractivity contribution >= 4 is 33.3 Å². The van der Waals surface area contributed by atoms with E-state index in [0.717, 1.165) is 35.5 Å². The number of methoxy groups -OCH3 is 1. The average molecular weight is 320 g/mol. The summed E-state index contributed by atoms with van der Waals surface area (Å²) < 4.78 is 4.99. The molecule has 118 valence electrons. The molecule has 22 heavy (non-hydrogen) atoms. The van der Waals surface area contributed by atoms with E-state index in [2.05, 4.69) is 22.2 Å². The molecule has 6 nitrogen and oxygen atoms in total. The van der Waals surface area contributed by atoms with E-state index < -0.39 is 0 Å². The van der Waals surface area contributed by atoms with Crippen molar-refractivity contribution in [1.82, 2.24) is 14.9 Å². The number of thiophene rings is 1. The molecule has 0 aromatic carbocycles. The first-order chi connectivity index (χ1) is 10.7. The fourth-order valence-electron chi connectivity index (χ4n) is 2.79. The maximum atomic E-state index is 12.2. The topological polar surface area (TPSA) is 67.4 Å². The van der Waals surface area contributed by atoms with Crippen molar-refractivity contribution in [2.75, 3.05) is 32.1 Å². The molecule has 1 amide bonds. The van der Waals surface area contributed by atoms with Crippen LogP contribution in [0.2, 0.25) is 0 Å². The van der Waals surface area contributed by atoms with Gasteiger partial charge in [-0.25, -0.2) is 9.97 Å². The Balaban J connectivity index is 1.88. The smallest absolute Gasteiger partial charge is 0.225 e. The Hall–Kier alpha value is -1.73. The van der Waals surface area contributed by atoms with Crippen LogP contribution in [0.15, 0.2) is 6.33 Å². The largest absolute Gasteiger partial charge is 0.384 e. The first kappa shape index (κ1) is 15.2. The molecule has 3 rings (SSSR count). The molecule has 1 aliphatic rings. The number of anilines is 1. The number of hydrogen-bond acceptors (Lipinski definition) is 6. The molecule has 1 N–H and O–H groups in total. The third-order valence-electron chi connectivity index (χ3n) is 3.85. The lowest BCUT2D eigenvalue weighted by Gasteiger charge is -2.27. The lowest BCUT2D eigenvalue weighted by molar-refractivity contribution is -0.133. The molecule has 0 fully saturated rings. The number of amides is 1. The second-order valence-electron chi connectivity index (χ2n) is 5.24. The number of carbonyl (C=O) groups excluding carboxylic acids is 1. The van der Waals surface area contributed by atoms with Crippen LogP contribution in [-0.4, -0.2) is 47.6 Å². The molecule has 7 heteroatoms. The second-order valence-corrected chi connectivity index (χ2v) is 6.33. The van der Waals surface area contributed by atoms with E-state index in [4.69, 9.17) is 4.74 Å². The Morgan fingerprint density at radius 3 is 3.14 bits per heavy atom. The minimum atomic E-state index is 0.156. The van der Waals surface area contributed by atoms with Crippen LogP contribution < -0.4 is 5.32 Å². The highest BCUT2D eigenvalue weighted by molar-refractivity contribution is 7.19. The van der Waals surface area contributed by atoms with Crippen molar-refractivity contribution in [2.45, 2.75) is 26.3 Å². The van der Waals surface area contributed by atoms with Gasteiger partial charge in [0.25, 0.3) is 0 Å². The highest BCUT2D eigenvalue weighted by Gasteiger charge is 2.25. The summed E-state index contributed by atoms with van der Waals surface area (Å²) in [6.45, 7) is 4.79. The van der Waals surface area contributed by atoms with Crippen LogP contribution in [0.3, 0.4) is 0 Å². The number of aromatic nitrogens is 2. The van der Waals surface area contributed by atoms with E-state index in [1.54, 1.807) is 24.8 Å². The average Bonchev–Trinajstić information content (AvgIpc) is 2.91. The standard InChI is InChI=1S/C15H20N4O2S/c1-3-16-14-13-10-4-6-19(12(20)5-7-21-2)8-11(10)22-15(13)18-9-17-14/h9H,3-8H2,1-2H3,(H,16,17,18). The van der Waals surface area contributed by atoms with Crippen LogP contribution in [0.4, 0.5) is 5.82 Å². The SMILES string of the molecule is CCNc1ncnc2sc3c(c12)CCN(C(=O)CCOC)C3. The van der Waals surface area contributed by atoms with Gasteiger partial charge in [-0.3, -0.25) is 4.79 Å². The first-order valence-corrected chi connectivity index (χ1v) is 8.32. The minimum absolute atomic E-state index is 0.156. The number of nitrogens with zero attached hydrogens (tertiary/aromatic N) is 3. The molecule has 1 aliphatic heterocycles. The molecular formula is C15H20N4O2S. The van der Waals surface area contributed by atoms with Crippen molar-refractivity contribution in [3.05, 3.63) is 16.8 Å². The summed E-state index contributed by atoms with van der Waals surface area (Å²) in [4.78, 5) is 25.1. The zero-order valence-corrected chi connectivity index (χ0v) is 13.7. The summed E-state index contributed by atoms with van der Waals surface area (Å²) in [7, 11) is 1.62. The van der Waals surface area contributed by atoms with Crippen LogP contribution >= 0.6 is 11.3 Å². The molecular weight excluding hydrogens is 300 g/mol. The lowest BCUT2D eigenvalue weighted by Crippen LogP contribution is -2.35. The summed E-state index contributed by atoms with van der Waals surface area (Å²) >= 11 is 1.67. The Morgan fingerprint density at radius 1 is 1.50 bits per heavy atom. The predicted molar refractivity (Wildman–Crippen MR) is 87.2 cm³/mol. The molecule has 0 saturated heterocycles. The molecule has 0 atom stereocenters. The fourth-order valence-corrected chi connectivity index (χ4v) is 3.99. The maximum Gasteiger partial charge on any atom is 0.225 e. The van der Waals surface area contributed by atoms with Gasteiger partial charge in [0.2, 0.25) is 5.91 Å². The molecule has 0 saturated carbocycles. The number of fused-ring (bicyclic) bond motifs is 3. The molecule has 0 bridgehead atoms. The summed E-state index contributed by atoms with van der Waals surface area (Å²) in [5, 5.41) is 4.44. The Kier molecular flexibility index (Phi) is 4.54. The number of carbonyl (C=O) groups is 1. The van der Waals surface area contributed by atoms with Gasteiger partial charge < -0.3 is 15.0 Å². The maximum absolute atomic E-state index is 12.2. The molecule has 0 spiro atoms. The number of hydrogen-bond donors (Lipinski definition) is 1. The third-order valence-corrected chi connectivity index (χ3v) is 4.98. The highest BCUT2D eigenvalue weighted by atomic mass is 32.1. The zero-order chi connectivity index (χ0) is 15.5. The quantitative estimate of drug-likeness (QED) is 0.913. The number of rotatable bonds is 5. The van der Waals surface area contributed by atoms with Gasteiger partial charge in [0, 0.05) is 25.1 Å². The molecule has 0 unspecified atom stereocenters. The van der Waals surface area contributed by atoms with Gasteiger partial charge in [-0.05, 0) is 18.9 Å². The number of nitrogens with one attached hydrogen (secondary N) is 1. The first-order valence-electron chi connectivity index (χ1n) is 7.50. The van der Waals surface area contributed by atoms with E-state index in [1.165, 1.54) is 10.4 Å². The van der Waals surface area contributed by atoms with E-state index >= 15 is 0 Å². The van der Waals surface area contributed by atoms with Crippen molar-refractivity contribution in [3.63, 3.8) is 0 Å². The van der Waals surface area contributed by atoms with Gasteiger partial charge in [0.05, 0.1) is 25.0 Å². The molecule has 2 aromatic rings. The third kappa shape index (κ3) is 2.78. The Bertz CT molecular complexity index is 685. The van der Waals surface area contributed by atoms with Crippen LogP contribution in [0.1, 0.15) is 23.8 Å². The van der Waals surface area contributed by atoms with Gasteiger partial charge in [-0.15, -0.1) is 11.3 Å². The molecule has 2 aromatic heterocycles. The predicted octanol–water partition coefficient (Wildman–Crippen LogP) is 2.04. The Morgan fingerprint density at radius 2 is 2.36 bits per heavy atom. The Labute approximate surface area is 133 Å². The van der Waals surface area contributed by atoms with Gasteiger partial charge in [0.15, 0.2) is 0 Å². The highest BCUT2D eigenvalue weighted by Crippen LogP contribution is 2.37.